The Balaban J connectivity index is 2.22. The summed E-state index contributed by atoms with van der Waals surface area (Å²) in [6.07, 6.45) is 1.05. The minimum absolute atomic E-state index is 0.244. The number of nitrogens with zero attached hydrogens (tertiary/aromatic N) is 1. The first kappa shape index (κ1) is 23.3. The van der Waals surface area contributed by atoms with Crippen molar-refractivity contribution in [2.24, 2.45) is 0 Å². The molecule has 2 aromatic carbocycles. The van der Waals surface area contributed by atoms with Gasteiger partial charge in [0.25, 0.3) is 0 Å². The highest BCUT2D eigenvalue weighted by Crippen LogP contribution is 2.33. The first-order chi connectivity index (χ1) is 14.2. The zero-order chi connectivity index (χ0) is 22.3. The molecule has 0 aromatic heterocycles. The number of methoxy groups -OCH3 is 2. The molecule has 0 aliphatic carbocycles. The Labute approximate surface area is 177 Å². The van der Waals surface area contributed by atoms with Gasteiger partial charge in [0, 0.05) is 12.6 Å². The summed E-state index contributed by atoms with van der Waals surface area (Å²) in [7, 11) is -0.802. The summed E-state index contributed by atoms with van der Waals surface area (Å²) in [5.41, 5.74) is 1.15. The lowest BCUT2D eigenvalue weighted by Crippen LogP contribution is -2.47. The van der Waals surface area contributed by atoms with Gasteiger partial charge in [-0.25, -0.2) is 8.42 Å². The number of anilines is 1. The maximum atomic E-state index is 12.8. The lowest BCUT2D eigenvalue weighted by molar-refractivity contribution is -0.122. The van der Waals surface area contributed by atoms with Gasteiger partial charge in [0.15, 0.2) is 11.5 Å². The summed E-state index contributed by atoms with van der Waals surface area (Å²) < 4.78 is 41.9. The molecule has 0 bridgehead atoms. The van der Waals surface area contributed by atoms with Gasteiger partial charge in [-0.15, -0.1) is 0 Å². The van der Waals surface area contributed by atoms with E-state index in [4.69, 9.17) is 14.2 Å². The molecule has 0 spiro atoms. The quantitative estimate of drug-likeness (QED) is 0.615. The van der Waals surface area contributed by atoms with Crippen molar-refractivity contribution >= 4 is 21.6 Å². The molecule has 0 saturated heterocycles. The molecule has 2 rings (SSSR count). The highest BCUT2D eigenvalue weighted by Gasteiger charge is 2.29. The number of hydrogen-bond acceptors (Lipinski definition) is 6. The van der Waals surface area contributed by atoms with Gasteiger partial charge in [-0.2, -0.15) is 0 Å². The second-order valence-electron chi connectivity index (χ2n) is 6.57. The van der Waals surface area contributed by atoms with Gasteiger partial charge in [0.05, 0.1) is 32.8 Å². The molecular weight excluding hydrogens is 408 g/mol. The molecule has 30 heavy (non-hydrogen) atoms. The Morgan fingerprint density at radius 3 is 2.40 bits per heavy atom. The number of amides is 1. The van der Waals surface area contributed by atoms with E-state index in [9.17, 15) is 13.2 Å². The summed E-state index contributed by atoms with van der Waals surface area (Å²) in [6, 6.07) is 11.1. The van der Waals surface area contributed by atoms with Crippen molar-refractivity contribution < 1.29 is 27.4 Å². The van der Waals surface area contributed by atoms with Crippen LogP contribution in [-0.4, -0.2) is 47.4 Å². The van der Waals surface area contributed by atoms with Crippen LogP contribution in [0.25, 0.3) is 0 Å². The largest absolute Gasteiger partial charge is 0.494 e. The Kier molecular flexibility index (Phi) is 7.93. The maximum absolute atomic E-state index is 12.8. The molecule has 0 heterocycles. The second-order valence-corrected chi connectivity index (χ2v) is 8.43. The molecule has 9 heteroatoms. The molecule has 0 fully saturated rings. The van der Waals surface area contributed by atoms with E-state index in [0.717, 1.165) is 16.1 Å². The minimum Gasteiger partial charge on any atom is -0.494 e. The lowest BCUT2D eigenvalue weighted by Gasteiger charge is -2.28. The Morgan fingerprint density at radius 2 is 1.80 bits per heavy atom. The van der Waals surface area contributed by atoms with Crippen LogP contribution in [0.1, 0.15) is 19.4 Å². The predicted octanol–water partition coefficient (Wildman–Crippen LogP) is 2.57. The monoisotopic (exact) mass is 436 g/mol. The third-order valence-electron chi connectivity index (χ3n) is 4.39. The highest BCUT2D eigenvalue weighted by molar-refractivity contribution is 7.92. The SMILES string of the molecule is CCOc1cccc(CNC(=O)C(C)N(c2ccc(OC)c(OC)c2)S(C)(=O)=O)c1. The van der Waals surface area contributed by atoms with E-state index in [2.05, 4.69) is 5.32 Å². The molecular formula is C21H28N2O6S. The van der Waals surface area contributed by atoms with Crippen LogP contribution >= 0.6 is 0 Å². The van der Waals surface area contributed by atoms with Gasteiger partial charge in [-0.3, -0.25) is 9.10 Å². The van der Waals surface area contributed by atoms with Gasteiger partial charge in [-0.1, -0.05) is 12.1 Å². The second kappa shape index (κ2) is 10.2. The Hall–Kier alpha value is -2.94. The van der Waals surface area contributed by atoms with Crippen molar-refractivity contribution in [3.63, 3.8) is 0 Å². The van der Waals surface area contributed by atoms with Gasteiger partial charge in [0.1, 0.15) is 11.8 Å². The molecule has 2 aromatic rings. The van der Waals surface area contributed by atoms with Crippen LogP contribution in [-0.2, 0) is 21.4 Å². The first-order valence-corrected chi connectivity index (χ1v) is 11.3. The first-order valence-electron chi connectivity index (χ1n) is 9.42. The van der Waals surface area contributed by atoms with Crippen molar-refractivity contribution in [1.82, 2.24) is 5.32 Å². The topological polar surface area (TPSA) is 94.2 Å². The van der Waals surface area contributed by atoms with Crippen LogP contribution in [0.4, 0.5) is 5.69 Å². The van der Waals surface area contributed by atoms with Crippen LogP contribution in [0.2, 0.25) is 0 Å². The average molecular weight is 437 g/mol. The van der Waals surface area contributed by atoms with Crippen molar-refractivity contribution in [3.8, 4) is 17.2 Å². The molecule has 164 valence electrons. The summed E-state index contributed by atoms with van der Waals surface area (Å²) in [5, 5.41) is 2.78. The molecule has 8 nitrogen and oxygen atoms in total. The summed E-state index contributed by atoms with van der Waals surface area (Å²) in [4.78, 5) is 12.8. The molecule has 1 unspecified atom stereocenters. The summed E-state index contributed by atoms with van der Waals surface area (Å²) in [6.45, 7) is 4.21. The number of rotatable bonds is 10. The van der Waals surface area contributed by atoms with Crippen molar-refractivity contribution in [1.29, 1.82) is 0 Å². The van der Waals surface area contributed by atoms with E-state index in [1.807, 2.05) is 31.2 Å². The molecule has 1 atom stereocenters. The van der Waals surface area contributed by atoms with Gasteiger partial charge < -0.3 is 19.5 Å². The number of nitrogens with one attached hydrogen (secondary N) is 1. The molecule has 0 radical (unpaired) electrons. The average Bonchev–Trinajstić information content (AvgIpc) is 2.71. The fourth-order valence-corrected chi connectivity index (χ4v) is 4.19. The smallest absolute Gasteiger partial charge is 0.243 e. The maximum Gasteiger partial charge on any atom is 0.243 e. The highest BCUT2D eigenvalue weighted by atomic mass is 32.2. The van der Waals surface area contributed by atoms with Crippen molar-refractivity contribution in [3.05, 3.63) is 48.0 Å². The fraction of sp³-hybridized carbons (Fsp3) is 0.381. The number of sulfonamides is 1. The zero-order valence-corrected chi connectivity index (χ0v) is 18.7. The number of carbonyl (C=O) groups is 1. The number of benzene rings is 2. The minimum atomic E-state index is -3.75. The number of ether oxygens (including phenoxy) is 3. The van der Waals surface area contributed by atoms with Crippen molar-refractivity contribution in [2.45, 2.75) is 26.4 Å². The predicted molar refractivity (Wildman–Crippen MR) is 116 cm³/mol. The third kappa shape index (κ3) is 5.79. The zero-order valence-electron chi connectivity index (χ0n) is 17.8. The molecule has 0 saturated carbocycles. The van der Waals surface area contributed by atoms with Gasteiger partial charge in [0.2, 0.25) is 15.9 Å². The van der Waals surface area contributed by atoms with Crippen LogP contribution in [0, 0.1) is 0 Å². The van der Waals surface area contributed by atoms with E-state index < -0.39 is 22.0 Å². The van der Waals surface area contributed by atoms with E-state index in [0.29, 0.717) is 29.5 Å². The van der Waals surface area contributed by atoms with Crippen LogP contribution < -0.4 is 23.8 Å². The number of hydrogen-bond donors (Lipinski definition) is 1. The van der Waals surface area contributed by atoms with E-state index >= 15 is 0 Å². The molecule has 1 amide bonds. The summed E-state index contributed by atoms with van der Waals surface area (Å²) in [5.74, 6) is 1.10. The van der Waals surface area contributed by atoms with Gasteiger partial charge in [-0.05, 0) is 43.7 Å². The standard InChI is InChI=1S/C21H28N2O6S/c1-6-29-18-9-7-8-16(12-18)14-22-21(24)15(2)23(30(5,25)26)17-10-11-19(27-3)20(13-17)28-4/h7-13,15H,6,14H2,1-5H3,(H,22,24). The van der Waals surface area contributed by atoms with Crippen molar-refractivity contribution in [2.75, 3.05) is 31.4 Å². The summed E-state index contributed by atoms with van der Waals surface area (Å²) >= 11 is 0. The Bertz CT molecular complexity index is 977. The molecule has 1 N–H and O–H groups in total. The third-order valence-corrected chi connectivity index (χ3v) is 5.63. The van der Waals surface area contributed by atoms with E-state index in [-0.39, 0.29) is 6.54 Å². The lowest BCUT2D eigenvalue weighted by atomic mass is 10.2. The van der Waals surface area contributed by atoms with E-state index in [1.165, 1.54) is 27.2 Å². The normalized spacial score (nSPS) is 12.0. The molecule has 0 aliphatic rings. The van der Waals surface area contributed by atoms with Gasteiger partial charge >= 0.3 is 0 Å². The van der Waals surface area contributed by atoms with Crippen LogP contribution in [0.5, 0.6) is 17.2 Å². The Morgan fingerprint density at radius 1 is 1.10 bits per heavy atom. The van der Waals surface area contributed by atoms with Crippen LogP contribution in [0.3, 0.4) is 0 Å². The number of carbonyl (C=O) groups excluding carboxylic acids is 1. The fourth-order valence-electron chi connectivity index (χ4n) is 3.02. The van der Waals surface area contributed by atoms with E-state index in [1.54, 1.807) is 12.1 Å². The van der Waals surface area contributed by atoms with Crippen LogP contribution in [0.15, 0.2) is 42.5 Å². The molecule has 0 aliphatic heterocycles.